The van der Waals surface area contributed by atoms with Gasteiger partial charge in [-0.25, -0.2) is 0 Å². The fraction of sp³-hybridized carbons (Fsp3) is 0.545. The summed E-state index contributed by atoms with van der Waals surface area (Å²) in [7, 11) is 0. The van der Waals surface area contributed by atoms with Crippen molar-refractivity contribution >= 4 is 13.6 Å². The molecule has 0 unspecified atom stereocenters. The van der Waals surface area contributed by atoms with E-state index in [2.05, 4.69) is 82.8 Å². The SMILES string of the molecule is CC1=C(C)C(C)(C)[C]([Ti][C]2=C(C)C(C)=C(C)C2(C)C)=C1C.[C]=O.[C]=O. The zero-order valence-electron chi connectivity index (χ0n) is 17.3. The van der Waals surface area contributed by atoms with Crippen molar-refractivity contribution in [3.8, 4) is 0 Å². The largest absolute Gasteiger partial charge is 0.281 e. The van der Waals surface area contributed by atoms with E-state index in [9.17, 15) is 0 Å². The number of hydrogen-bond acceptors (Lipinski definition) is 2. The Morgan fingerprint density at radius 2 is 0.800 bits per heavy atom. The monoisotopic (exact) mass is 374 g/mol. The second-order valence-corrected chi connectivity index (χ2v) is 9.83. The first-order chi connectivity index (χ1) is 11.4. The fourth-order valence-electron chi connectivity index (χ4n) is 3.81. The Labute approximate surface area is 163 Å². The molecule has 2 rings (SSSR count). The number of carbonyl (C=O) groups excluding carboxylic acids is 2. The first kappa shape index (κ1) is 24.0. The molecule has 0 saturated heterocycles. The molecule has 0 aromatic rings. The van der Waals surface area contributed by atoms with Gasteiger partial charge >= 0.3 is 140 Å². The molecule has 0 N–H and O–H groups in total. The predicted octanol–water partition coefficient (Wildman–Crippen LogP) is 5.58. The van der Waals surface area contributed by atoms with E-state index in [-0.39, 0.29) is 30.0 Å². The quantitative estimate of drug-likeness (QED) is 0.592. The summed E-state index contributed by atoms with van der Waals surface area (Å²) in [5.74, 6) is 0. The summed E-state index contributed by atoms with van der Waals surface area (Å²) < 4.78 is 3.50. The minimum absolute atomic E-state index is 0.239. The topological polar surface area (TPSA) is 34.1 Å². The smallest absolute Gasteiger partial charge is 0.281 e. The van der Waals surface area contributed by atoms with Crippen molar-refractivity contribution in [1.29, 1.82) is 0 Å². The van der Waals surface area contributed by atoms with E-state index >= 15 is 0 Å². The minimum atomic E-state index is -0.239. The summed E-state index contributed by atoms with van der Waals surface area (Å²) in [5, 5.41) is 0. The molecule has 25 heavy (non-hydrogen) atoms. The molecule has 2 aliphatic rings. The Kier molecular flexibility index (Phi) is 8.26. The second kappa shape index (κ2) is 8.60. The third-order valence-corrected chi connectivity index (χ3v) is 10.3. The predicted molar refractivity (Wildman–Crippen MR) is 101 cm³/mol. The Morgan fingerprint density at radius 3 is 0.960 bits per heavy atom. The molecule has 0 bridgehead atoms. The Hall–Kier alpha value is -0.986. The third-order valence-electron chi connectivity index (χ3n) is 6.38. The maximum atomic E-state index is 7.50. The third kappa shape index (κ3) is 3.91. The van der Waals surface area contributed by atoms with Gasteiger partial charge in [0.05, 0.1) is 0 Å². The van der Waals surface area contributed by atoms with E-state index in [1.54, 1.807) is 30.0 Å². The molecule has 0 atom stereocenters. The van der Waals surface area contributed by atoms with Gasteiger partial charge in [0, 0.05) is 0 Å². The van der Waals surface area contributed by atoms with E-state index in [1.807, 2.05) is 0 Å². The molecule has 0 spiro atoms. The van der Waals surface area contributed by atoms with Crippen molar-refractivity contribution in [2.24, 2.45) is 10.8 Å². The van der Waals surface area contributed by atoms with Crippen LogP contribution < -0.4 is 0 Å². The van der Waals surface area contributed by atoms with Gasteiger partial charge in [-0.05, 0) is 0 Å². The van der Waals surface area contributed by atoms with Crippen LogP contribution in [0.3, 0.4) is 0 Å². The standard InChI is InChI=1S/2C10H15.2CO.Ti/c2*1-7-6-10(4,5)9(3)8(7)2;2*1-2;/h2*1-5H3;;;. The molecular formula is C22H30O2Ti. The van der Waals surface area contributed by atoms with Crippen molar-refractivity contribution < 1.29 is 28.7 Å². The number of allylic oxidation sites excluding steroid dienone is 8. The average Bonchev–Trinajstić information content (AvgIpc) is 2.83. The zero-order valence-corrected chi connectivity index (χ0v) is 18.9. The zero-order chi connectivity index (χ0) is 20.3. The van der Waals surface area contributed by atoms with Crippen LogP contribution in [0, 0.1) is 10.8 Å². The van der Waals surface area contributed by atoms with Crippen LogP contribution in [0.25, 0.3) is 0 Å². The summed E-state index contributed by atoms with van der Waals surface area (Å²) >= 11 is -0.239. The average molecular weight is 374 g/mol. The Morgan fingerprint density at radius 1 is 0.560 bits per heavy atom. The minimum Gasteiger partial charge on any atom is -0.281 e. The van der Waals surface area contributed by atoms with E-state index in [4.69, 9.17) is 9.59 Å². The molecule has 0 fully saturated rings. The van der Waals surface area contributed by atoms with Gasteiger partial charge in [-0.2, -0.15) is 0 Å². The molecule has 3 heteroatoms. The van der Waals surface area contributed by atoms with Crippen LogP contribution in [0.2, 0.25) is 0 Å². The molecule has 0 aliphatic heterocycles. The van der Waals surface area contributed by atoms with Gasteiger partial charge in [0.2, 0.25) is 0 Å². The molecule has 2 nitrogen and oxygen atoms in total. The van der Waals surface area contributed by atoms with Crippen LogP contribution in [-0.2, 0) is 28.7 Å². The van der Waals surface area contributed by atoms with Crippen molar-refractivity contribution in [2.75, 3.05) is 0 Å². The van der Waals surface area contributed by atoms with Crippen molar-refractivity contribution in [3.63, 3.8) is 0 Å². The van der Waals surface area contributed by atoms with Crippen molar-refractivity contribution in [2.45, 2.75) is 69.2 Å². The summed E-state index contributed by atoms with van der Waals surface area (Å²) in [4.78, 5) is 15.0. The molecule has 134 valence electrons. The second-order valence-electron chi connectivity index (χ2n) is 7.88. The maximum absolute atomic E-state index is 7.50. The summed E-state index contributed by atoms with van der Waals surface area (Å²) in [5.41, 5.74) is 9.92. The Balaban J connectivity index is 0.00000134. The van der Waals surface area contributed by atoms with Crippen LogP contribution >= 0.6 is 0 Å². The van der Waals surface area contributed by atoms with Gasteiger partial charge in [-0.1, -0.05) is 0 Å². The molecule has 0 saturated carbocycles. The van der Waals surface area contributed by atoms with Crippen LogP contribution in [0.15, 0.2) is 41.2 Å². The summed E-state index contributed by atoms with van der Waals surface area (Å²) in [6, 6.07) is 0. The van der Waals surface area contributed by atoms with Crippen molar-refractivity contribution in [1.82, 2.24) is 0 Å². The van der Waals surface area contributed by atoms with Crippen LogP contribution in [0.1, 0.15) is 69.2 Å². The van der Waals surface area contributed by atoms with Gasteiger partial charge in [0.1, 0.15) is 0 Å². The van der Waals surface area contributed by atoms with Crippen LogP contribution in [0.4, 0.5) is 0 Å². The van der Waals surface area contributed by atoms with Gasteiger partial charge in [0.15, 0.2) is 0 Å². The van der Waals surface area contributed by atoms with Gasteiger partial charge in [-0.3, -0.25) is 9.59 Å². The van der Waals surface area contributed by atoms with E-state index in [1.165, 1.54) is 11.1 Å². The van der Waals surface area contributed by atoms with Gasteiger partial charge in [0.25, 0.3) is 13.6 Å². The molecule has 2 aliphatic carbocycles. The molecular weight excluding hydrogens is 344 g/mol. The first-order valence-electron chi connectivity index (χ1n) is 8.41. The Bertz CT molecular complexity index is 612. The first-order valence-corrected chi connectivity index (χ1v) is 9.97. The van der Waals surface area contributed by atoms with E-state index in [0.717, 1.165) is 0 Å². The molecule has 4 radical (unpaired) electrons. The molecule has 0 aromatic heterocycles. The maximum Gasteiger partial charge on any atom is 0.281 e. The van der Waals surface area contributed by atoms with E-state index < -0.39 is 0 Å². The van der Waals surface area contributed by atoms with Crippen LogP contribution in [0.5, 0.6) is 0 Å². The van der Waals surface area contributed by atoms with Gasteiger partial charge < -0.3 is 0 Å². The fourth-order valence-corrected chi connectivity index (χ4v) is 6.94. The van der Waals surface area contributed by atoms with Gasteiger partial charge in [-0.15, -0.1) is 0 Å². The van der Waals surface area contributed by atoms with Crippen LogP contribution in [-0.4, -0.2) is 13.6 Å². The van der Waals surface area contributed by atoms with Crippen molar-refractivity contribution in [3.05, 3.63) is 41.2 Å². The van der Waals surface area contributed by atoms with E-state index in [0.29, 0.717) is 0 Å². The summed E-state index contributed by atoms with van der Waals surface area (Å²) in [6.07, 6.45) is 0. The normalized spacial score (nSPS) is 21.0. The molecule has 0 aromatic carbocycles. The number of rotatable bonds is 2. The molecule has 0 amide bonds. The summed E-state index contributed by atoms with van der Waals surface area (Å²) in [6.45, 7) is 32.6. The molecule has 0 heterocycles. The number of hydrogen-bond donors (Lipinski definition) is 0.